The molecule has 1 aromatic heterocycles. The minimum atomic E-state index is -4.39. The number of thiazole rings is 1. The summed E-state index contributed by atoms with van der Waals surface area (Å²) in [6.45, 7) is -0.557. The largest absolute Gasteiger partial charge is 0.494 e. The Labute approximate surface area is 134 Å². The molecule has 1 fully saturated rings. The predicted molar refractivity (Wildman–Crippen MR) is 80.9 cm³/mol. The van der Waals surface area contributed by atoms with Gasteiger partial charge in [0.25, 0.3) is 0 Å². The average molecular weight is 345 g/mol. The van der Waals surface area contributed by atoms with Crippen LogP contribution in [0.2, 0.25) is 0 Å². The number of fused-ring (bicyclic) bond motifs is 1. The molecule has 1 aliphatic heterocycles. The van der Waals surface area contributed by atoms with Crippen LogP contribution in [0.3, 0.4) is 0 Å². The molecule has 1 saturated heterocycles. The van der Waals surface area contributed by atoms with Gasteiger partial charge in [0, 0.05) is 13.1 Å². The zero-order valence-corrected chi connectivity index (χ0v) is 13.0. The van der Waals surface area contributed by atoms with Crippen molar-refractivity contribution in [2.45, 2.75) is 6.18 Å². The number of carbonyl (C=O) groups is 1. The Balaban J connectivity index is 1.62. The molecule has 23 heavy (non-hydrogen) atoms. The van der Waals surface area contributed by atoms with Gasteiger partial charge in [0.15, 0.2) is 5.13 Å². The number of aromatic nitrogens is 1. The lowest BCUT2D eigenvalue weighted by Crippen LogP contribution is -2.54. The first-order valence-corrected chi connectivity index (χ1v) is 7.72. The first kappa shape index (κ1) is 15.9. The molecule has 0 saturated carbocycles. The lowest BCUT2D eigenvalue weighted by atomic mass is 10.0. The number of rotatable bonds is 4. The van der Waals surface area contributed by atoms with Crippen LogP contribution in [0.1, 0.15) is 0 Å². The van der Waals surface area contributed by atoms with Crippen molar-refractivity contribution in [1.29, 1.82) is 0 Å². The van der Waals surface area contributed by atoms with Gasteiger partial charge in [-0.25, -0.2) is 4.98 Å². The minimum Gasteiger partial charge on any atom is -0.494 e. The molecule has 0 bridgehead atoms. The Kier molecular flexibility index (Phi) is 4.05. The van der Waals surface area contributed by atoms with Crippen molar-refractivity contribution in [3.8, 4) is 5.75 Å². The van der Waals surface area contributed by atoms with E-state index in [0.29, 0.717) is 18.8 Å². The third-order valence-electron chi connectivity index (χ3n) is 3.58. The molecule has 5 nitrogen and oxygen atoms in total. The van der Waals surface area contributed by atoms with Gasteiger partial charge in [-0.05, 0) is 12.1 Å². The normalized spacial score (nSPS) is 15.6. The summed E-state index contributed by atoms with van der Waals surface area (Å²) < 4.78 is 42.5. The molecule has 1 amide bonds. The number of halogens is 3. The lowest BCUT2D eigenvalue weighted by Gasteiger charge is -2.37. The molecule has 9 heteroatoms. The molecular weight excluding hydrogens is 331 g/mol. The fourth-order valence-electron chi connectivity index (χ4n) is 2.34. The van der Waals surface area contributed by atoms with E-state index < -0.39 is 24.5 Å². The summed E-state index contributed by atoms with van der Waals surface area (Å²) in [5, 5.41) is 2.65. The molecule has 3 rings (SSSR count). The Bertz CT molecular complexity index is 726. The van der Waals surface area contributed by atoms with Crippen molar-refractivity contribution in [2.75, 3.05) is 31.6 Å². The van der Waals surface area contributed by atoms with Gasteiger partial charge >= 0.3 is 6.18 Å². The molecule has 0 atom stereocenters. The van der Waals surface area contributed by atoms with Crippen LogP contribution in [0.15, 0.2) is 18.2 Å². The SMILES string of the molecule is COc1cccc2sc(N3CC(C(=O)NCC(F)(F)F)C3)nc12. The van der Waals surface area contributed by atoms with Gasteiger partial charge in [0.1, 0.15) is 17.8 Å². The summed E-state index contributed by atoms with van der Waals surface area (Å²) in [6.07, 6.45) is -4.39. The molecule has 1 aromatic carbocycles. The minimum absolute atomic E-state index is 0.367. The van der Waals surface area contributed by atoms with Crippen LogP contribution in [0.5, 0.6) is 5.75 Å². The van der Waals surface area contributed by atoms with Crippen LogP contribution in [0.25, 0.3) is 10.2 Å². The number of nitrogens with one attached hydrogen (secondary N) is 1. The molecule has 1 N–H and O–H groups in total. The number of ether oxygens (including phenoxy) is 1. The third-order valence-corrected chi connectivity index (χ3v) is 4.66. The Morgan fingerprint density at radius 2 is 2.22 bits per heavy atom. The monoisotopic (exact) mass is 345 g/mol. The van der Waals surface area contributed by atoms with Crippen LogP contribution >= 0.6 is 11.3 Å². The summed E-state index contributed by atoms with van der Waals surface area (Å²) in [5.74, 6) is -0.339. The average Bonchev–Trinajstić information content (AvgIpc) is 2.86. The summed E-state index contributed by atoms with van der Waals surface area (Å²) in [5.41, 5.74) is 0.750. The number of hydrogen-bond acceptors (Lipinski definition) is 5. The second-order valence-electron chi connectivity index (χ2n) is 5.24. The van der Waals surface area contributed by atoms with E-state index in [9.17, 15) is 18.0 Å². The van der Waals surface area contributed by atoms with E-state index in [1.54, 1.807) is 7.11 Å². The molecular formula is C14H14F3N3O2S. The van der Waals surface area contributed by atoms with Crippen molar-refractivity contribution in [3.63, 3.8) is 0 Å². The van der Waals surface area contributed by atoms with E-state index >= 15 is 0 Å². The number of nitrogens with zero attached hydrogens (tertiary/aromatic N) is 2. The van der Waals surface area contributed by atoms with Crippen LogP contribution in [0.4, 0.5) is 18.3 Å². The second kappa shape index (κ2) is 5.88. The molecule has 0 radical (unpaired) electrons. The fraction of sp³-hybridized carbons (Fsp3) is 0.429. The van der Waals surface area contributed by atoms with Crippen molar-refractivity contribution < 1.29 is 22.7 Å². The van der Waals surface area contributed by atoms with Crippen molar-refractivity contribution in [1.82, 2.24) is 10.3 Å². The number of hydrogen-bond donors (Lipinski definition) is 1. The third kappa shape index (κ3) is 3.34. The maximum absolute atomic E-state index is 12.1. The Hall–Kier alpha value is -2.03. The molecule has 2 aromatic rings. The molecule has 0 aliphatic carbocycles. The predicted octanol–water partition coefficient (Wildman–Crippen LogP) is 2.42. The molecule has 0 unspecified atom stereocenters. The van der Waals surface area contributed by atoms with Crippen LogP contribution in [0, 0.1) is 5.92 Å². The second-order valence-corrected chi connectivity index (χ2v) is 6.25. The summed E-state index contributed by atoms with van der Waals surface area (Å²) in [4.78, 5) is 18.0. The van der Waals surface area contributed by atoms with Gasteiger partial charge in [-0.15, -0.1) is 0 Å². The van der Waals surface area contributed by atoms with Crippen LogP contribution < -0.4 is 15.0 Å². The zero-order valence-electron chi connectivity index (χ0n) is 12.2. The molecule has 124 valence electrons. The molecule has 0 spiro atoms. The first-order chi connectivity index (χ1) is 10.9. The fourth-order valence-corrected chi connectivity index (χ4v) is 3.35. The van der Waals surface area contributed by atoms with Crippen molar-refractivity contribution in [2.24, 2.45) is 5.92 Å². The topological polar surface area (TPSA) is 54.5 Å². The van der Waals surface area contributed by atoms with E-state index in [2.05, 4.69) is 4.98 Å². The first-order valence-electron chi connectivity index (χ1n) is 6.90. The van der Waals surface area contributed by atoms with Crippen LogP contribution in [-0.2, 0) is 4.79 Å². The summed E-state index contributed by atoms with van der Waals surface area (Å²) in [6, 6.07) is 5.61. The summed E-state index contributed by atoms with van der Waals surface area (Å²) in [7, 11) is 1.57. The number of amides is 1. The quantitative estimate of drug-likeness (QED) is 0.925. The maximum atomic E-state index is 12.1. The summed E-state index contributed by atoms with van der Waals surface area (Å²) >= 11 is 1.47. The number of anilines is 1. The van der Waals surface area contributed by atoms with Crippen LogP contribution in [-0.4, -0.2) is 43.8 Å². The number of benzene rings is 1. The van der Waals surface area contributed by atoms with Gasteiger partial charge in [-0.1, -0.05) is 17.4 Å². The van der Waals surface area contributed by atoms with Gasteiger partial charge in [0.2, 0.25) is 5.91 Å². The van der Waals surface area contributed by atoms with Gasteiger partial charge in [0.05, 0.1) is 17.7 Å². The lowest BCUT2D eigenvalue weighted by molar-refractivity contribution is -0.141. The number of methoxy groups -OCH3 is 1. The van der Waals surface area contributed by atoms with Gasteiger partial charge in [-0.3, -0.25) is 4.79 Å². The van der Waals surface area contributed by atoms with Crippen molar-refractivity contribution in [3.05, 3.63) is 18.2 Å². The highest BCUT2D eigenvalue weighted by Crippen LogP contribution is 2.36. The van der Waals surface area contributed by atoms with Gasteiger partial charge in [-0.2, -0.15) is 13.2 Å². The molecule has 2 heterocycles. The van der Waals surface area contributed by atoms with Gasteiger partial charge < -0.3 is 15.0 Å². The van der Waals surface area contributed by atoms with E-state index in [1.807, 2.05) is 28.4 Å². The highest BCUT2D eigenvalue weighted by atomic mass is 32.1. The zero-order chi connectivity index (χ0) is 16.6. The van der Waals surface area contributed by atoms with E-state index in [-0.39, 0.29) is 0 Å². The number of para-hydroxylation sites is 1. The Morgan fingerprint density at radius 3 is 2.87 bits per heavy atom. The van der Waals surface area contributed by atoms with E-state index in [4.69, 9.17) is 4.74 Å². The standard InChI is InChI=1S/C14H14F3N3O2S/c1-22-9-3-2-4-10-11(9)19-13(23-10)20-5-8(6-20)12(21)18-7-14(15,16)17/h2-4,8H,5-7H2,1H3,(H,18,21). The number of carbonyl (C=O) groups excluding carboxylic acids is 1. The van der Waals surface area contributed by atoms with Crippen molar-refractivity contribution >= 4 is 32.6 Å². The smallest absolute Gasteiger partial charge is 0.405 e. The highest BCUT2D eigenvalue weighted by Gasteiger charge is 2.36. The Morgan fingerprint density at radius 1 is 1.48 bits per heavy atom. The highest BCUT2D eigenvalue weighted by molar-refractivity contribution is 7.22. The number of alkyl halides is 3. The maximum Gasteiger partial charge on any atom is 0.405 e. The van der Waals surface area contributed by atoms with E-state index in [0.717, 1.165) is 15.3 Å². The molecule has 1 aliphatic rings. The van der Waals surface area contributed by atoms with E-state index in [1.165, 1.54) is 11.3 Å².